The second kappa shape index (κ2) is 50.7. The third kappa shape index (κ3) is 48.1. The number of hydrogen-bond acceptors (Lipinski definition) is 6. The van der Waals surface area contributed by atoms with Crippen LogP contribution in [0.5, 0.6) is 0 Å². The highest BCUT2D eigenvalue weighted by Gasteiger charge is 2.19. The van der Waals surface area contributed by atoms with Crippen molar-refractivity contribution >= 4 is 17.9 Å². The zero-order chi connectivity index (χ0) is 46.5. The van der Waals surface area contributed by atoms with Gasteiger partial charge in [0, 0.05) is 19.3 Å². The molecule has 0 saturated carbocycles. The average molecular weight is 879 g/mol. The van der Waals surface area contributed by atoms with Gasteiger partial charge in [-0.25, -0.2) is 0 Å². The summed E-state index contributed by atoms with van der Waals surface area (Å²) in [6.07, 6.45) is 73.7. The van der Waals surface area contributed by atoms with Crippen LogP contribution in [0.4, 0.5) is 0 Å². The monoisotopic (exact) mass is 879 g/mol. The number of ether oxygens (including phenoxy) is 3. The van der Waals surface area contributed by atoms with E-state index in [4.69, 9.17) is 14.2 Å². The average Bonchev–Trinajstić information content (AvgIpc) is 3.29. The molecule has 0 aliphatic carbocycles. The fraction of sp³-hybridized carbons (Fsp3) is 0.500. The zero-order valence-corrected chi connectivity index (χ0v) is 40.2. The molecule has 354 valence electrons. The first-order chi connectivity index (χ1) is 31.5. The number of rotatable bonds is 41. The van der Waals surface area contributed by atoms with Crippen LogP contribution in [0.1, 0.15) is 168 Å². The second-order valence-electron chi connectivity index (χ2n) is 15.4. The predicted octanol–water partition coefficient (Wildman–Crippen LogP) is 16.2. The molecule has 64 heavy (non-hydrogen) atoms. The summed E-state index contributed by atoms with van der Waals surface area (Å²) < 4.78 is 16.7. The lowest BCUT2D eigenvalue weighted by Crippen LogP contribution is -2.30. The van der Waals surface area contributed by atoms with Crippen molar-refractivity contribution in [2.45, 2.75) is 175 Å². The first-order valence-electron chi connectivity index (χ1n) is 24.6. The maximum Gasteiger partial charge on any atom is 0.306 e. The summed E-state index contributed by atoms with van der Waals surface area (Å²) in [7, 11) is 0. The van der Waals surface area contributed by atoms with Gasteiger partial charge < -0.3 is 14.2 Å². The molecule has 0 spiro atoms. The molecule has 0 aliphatic rings. The van der Waals surface area contributed by atoms with Gasteiger partial charge >= 0.3 is 17.9 Å². The van der Waals surface area contributed by atoms with E-state index in [1.165, 1.54) is 0 Å². The van der Waals surface area contributed by atoms with Crippen molar-refractivity contribution in [1.82, 2.24) is 0 Å². The number of carbonyl (C=O) groups excluding carboxylic acids is 3. The molecule has 0 rings (SSSR count). The van der Waals surface area contributed by atoms with E-state index in [0.717, 1.165) is 116 Å². The zero-order valence-electron chi connectivity index (χ0n) is 40.2. The highest BCUT2D eigenvalue weighted by Crippen LogP contribution is 2.11. The first-order valence-corrected chi connectivity index (χ1v) is 24.6. The molecule has 0 aromatic rings. The van der Waals surface area contributed by atoms with E-state index in [1.807, 2.05) is 60.8 Å². The van der Waals surface area contributed by atoms with Crippen molar-refractivity contribution in [2.24, 2.45) is 0 Å². The molecule has 0 aliphatic heterocycles. The number of allylic oxidation sites excluding steroid dienone is 26. The third-order valence-corrected chi connectivity index (χ3v) is 9.42. The van der Waals surface area contributed by atoms with Crippen LogP contribution in [0, 0.1) is 0 Å². The van der Waals surface area contributed by atoms with Crippen molar-refractivity contribution < 1.29 is 28.6 Å². The van der Waals surface area contributed by atoms with Gasteiger partial charge in [0.15, 0.2) is 6.10 Å². The lowest BCUT2D eigenvalue weighted by molar-refractivity contribution is -0.167. The highest BCUT2D eigenvalue weighted by molar-refractivity contribution is 5.71. The Morgan fingerprint density at radius 2 is 0.656 bits per heavy atom. The molecule has 0 amide bonds. The van der Waals surface area contributed by atoms with E-state index >= 15 is 0 Å². The highest BCUT2D eigenvalue weighted by atomic mass is 16.6. The van der Waals surface area contributed by atoms with Crippen LogP contribution in [-0.2, 0) is 28.6 Å². The van der Waals surface area contributed by atoms with Gasteiger partial charge in [-0.2, -0.15) is 0 Å². The number of esters is 3. The summed E-state index contributed by atoms with van der Waals surface area (Å²) in [6.45, 7) is 6.13. The Hall–Kier alpha value is -4.97. The fourth-order valence-electron chi connectivity index (χ4n) is 5.84. The Labute approximate surface area is 390 Å². The molecule has 0 saturated heterocycles. The first kappa shape index (κ1) is 59.0. The molecule has 1 unspecified atom stereocenters. The smallest absolute Gasteiger partial charge is 0.306 e. The predicted molar refractivity (Wildman–Crippen MR) is 274 cm³/mol. The second-order valence-corrected chi connectivity index (χ2v) is 15.4. The largest absolute Gasteiger partial charge is 0.462 e. The van der Waals surface area contributed by atoms with Crippen LogP contribution in [0.3, 0.4) is 0 Å². The van der Waals surface area contributed by atoms with Crippen molar-refractivity contribution in [1.29, 1.82) is 0 Å². The van der Waals surface area contributed by atoms with Gasteiger partial charge in [-0.1, -0.05) is 204 Å². The SMILES string of the molecule is CC\C=C/C=C\C=C/C=C\C=C\C=C/CCCCCC(=O)OCC(COC(=O)CCCCCCC/C=C\C/C=C\CC)OC(=O)CCC/C=C\C/C=C\C/C=C\C/C=C\C/C=C\CC. The summed E-state index contributed by atoms with van der Waals surface area (Å²) in [5, 5.41) is 0. The van der Waals surface area contributed by atoms with Gasteiger partial charge in [0.05, 0.1) is 0 Å². The van der Waals surface area contributed by atoms with Gasteiger partial charge in [-0.15, -0.1) is 0 Å². The molecule has 6 heteroatoms. The lowest BCUT2D eigenvalue weighted by Gasteiger charge is -2.18. The topological polar surface area (TPSA) is 78.9 Å². The number of hydrogen-bond donors (Lipinski definition) is 0. The Kier molecular flexibility index (Phi) is 46.7. The van der Waals surface area contributed by atoms with Gasteiger partial charge in [-0.3, -0.25) is 14.4 Å². The van der Waals surface area contributed by atoms with E-state index in [2.05, 4.69) is 118 Å². The van der Waals surface area contributed by atoms with Gasteiger partial charge in [0.2, 0.25) is 0 Å². The van der Waals surface area contributed by atoms with Crippen LogP contribution in [0.25, 0.3) is 0 Å². The number of carbonyl (C=O) groups is 3. The summed E-state index contributed by atoms with van der Waals surface area (Å²) in [4.78, 5) is 37.9. The van der Waals surface area contributed by atoms with Crippen LogP contribution < -0.4 is 0 Å². The standard InChI is InChI=1S/C58H86O6/c1-4-7-10-13-16-19-22-25-27-29-31-33-36-39-42-45-48-51-57(60)63-54-55(53-62-56(59)50-47-44-41-38-35-24-21-18-15-12-9-6-3)64-58(61)52-49-46-43-40-37-34-32-30-28-26-23-20-17-14-11-8-5-2/h7-13,16-22,25-29,31-34,36,40,43,55H,4-6,14-15,23-24,30,35,37-39,41-42,44-54H2,1-3H3/b10-7-,11-8-,12-9-,16-13-,20-17-,21-18-,22-19-,27-25-,28-26-,31-29+,34-32-,36-33-,43-40-. The Morgan fingerprint density at radius 1 is 0.328 bits per heavy atom. The van der Waals surface area contributed by atoms with Crippen molar-refractivity contribution in [2.75, 3.05) is 13.2 Å². The van der Waals surface area contributed by atoms with Crippen molar-refractivity contribution in [3.05, 3.63) is 158 Å². The van der Waals surface area contributed by atoms with Crippen LogP contribution in [-0.4, -0.2) is 37.2 Å². The summed E-state index contributed by atoms with van der Waals surface area (Å²) in [5.41, 5.74) is 0. The van der Waals surface area contributed by atoms with E-state index < -0.39 is 12.1 Å². The minimum atomic E-state index is -0.839. The van der Waals surface area contributed by atoms with Crippen LogP contribution in [0.2, 0.25) is 0 Å². The van der Waals surface area contributed by atoms with Crippen LogP contribution >= 0.6 is 0 Å². The van der Waals surface area contributed by atoms with Gasteiger partial charge in [0.1, 0.15) is 13.2 Å². The molecular weight excluding hydrogens is 793 g/mol. The van der Waals surface area contributed by atoms with Crippen molar-refractivity contribution in [3.63, 3.8) is 0 Å². The molecule has 0 bridgehead atoms. The Morgan fingerprint density at radius 3 is 1.12 bits per heavy atom. The third-order valence-electron chi connectivity index (χ3n) is 9.42. The van der Waals surface area contributed by atoms with E-state index in [0.29, 0.717) is 19.3 Å². The van der Waals surface area contributed by atoms with E-state index in [-0.39, 0.29) is 38.0 Å². The minimum Gasteiger partial charge on any atom is -0.462 e. The normalized spacial score (nSPS) is 13.5. The molecule has 0 fully saturated rings. The molecule has 0 N–H and O–H groups in total. The van der Waals surface area contributed by atoms with E-state index in [9.17, 15) is 14.4 Å². The molecule has 0 aromatic carbocycles. The quantitative estimate of drug-likeness (QED) is 0.0200. The molecule has 6 nitrogen and oxygen atoms in total. The Balaban J connectivity index is 4.63. The molecule has 0 heterocycles. The van der Waals surface area contributed by atoms with E-state index in [1.54, 1.807) is 0 Å². The van der Waals surface area contributed by atoms with Crippen LogP contribution in [0.15, 0.2) is 158 Å². The minimum absolute atomic E-state index is 0.131. The fourth-order valence-corrected chi connectivity index (χ4v) is 5.84. The summed E-state index contributed by atoms with van der Waals surface area (Å²) in [6, 6.07) is 0. The number of unbranched alkanes of at least 4 members (excludes halogenated alkanes) is 9. The molecule has 0 radical (unpaired) electrons. The molecule has 1 atom stereocenters. The molecule has 0 aromatic heterocycles. The molecular formula is C58H86O6. The Bertz CT molecular complexity index is 1520. The maximum atomic E-state index is 12.8. The lowest BCUT2D eigenvalue weighted by atomic mass is 10.1. The summed E-state index contributed by atoms with van der Waals surface area (Å²) in [5.74, 6) is -1.07. The maximum absolute atomic E-state index is 12.8. The van der Waals surface area contributed by atoms with Gasteiger partial charge in [0.25, 0.3) is 0 Å². The van der Waals surface area contributed by atoms with Gasteiger partial charge in [-0.05, 0) is 103 Å². The van der Waals surface area contributed by atoms with Crippen molar-refractivity contribution in [3.8, 4) is 0 Å². The summed E-state index contributed by atoms with van der Waals surface area (Å²) >= 11 is 0.